The van der Waals surface area contributed by atoms with Crippen LogP contribution in [0.2, 0.25) is 0 Å². The summed E-state index contributed by atoms with van der Waals surface area (Å²) >= 11 is 3.50. The van der Waals surface area contributed by atoms with E-state index in [1.165, 1.54) is 5.56 Å². The fraction of sp³-hybridized carbons (Fsp3) is 0.480. The van der Waals surface area contributed by atoms with Crippen LogP contribution < -0.4 is 10.1 Å². The summed E-state index contributed by atoms with van der Waals surface area (Å²) in [6, 6.07) is 16.4. The molecule has 2 aliphatic heterocycles. The summed E-state index contributed by atoms with van der Waals surface area (Å²) in [5, 5.41) is 3.35. The minimum Gasteiger partial charge on any atom is -0.497 e. The van der Waals surface area contributed by atoms with Gasteiger partial charge in [0.15, 0.2) is 0 Å². The number of benzene rings is 2. The maximum Gasteiger partial charge on any atom is 0.230 e. The monoisotopic (exact) mass is 487 g/mol. The van der Waals surface area contributed by atoms with E-state index in [0.29, 0.717) is 45.8 Å². The summed E-state index contributed by atoms with van der Waals surface area (Å²) in [7, 11) is 1.68. The van der Waals surface area contributed by atoms with Crippen molar-refractivity contribution in [3.63, 3.8) is 0 Å². The molecule has 0 radical (unpaired) electrons. The Morgan fingerprint density at radius 3 is 2.03 bits per heavy atom. The standard InChI is InChI=1S/C25H30BrNO4/c1-29-22-8-4-19(5-9-22)24(10-14-30-15-11-24)18-27-23(28)25(12-16-31-17-13-25)20-2-6-21(26)7-3-20/h2-9H,10-18H2,1H3,(H,27,28). The van der Waals surface area contributed by atoms with Gasteiger partial charge in [0, 0.05) is 42.9 Å². The topological polar surface area (TPSA) is 56.8 Å². The van der Waals surface area contributed by atoms with E-state index in [1.54, 1.807) is 7.11 Å². The number of ether oxygens (including phenoxy) is 3. The van der Waals surface area contributed by atoms with Crippen LogP contribution in [0.25, 0.3) is 0 Å². The van der Waals surface area contributed by atoms with Crippen LogP contribution in [0.4, 0.5) is 0 Å². The predicted octanol–water partition coefficient (Wildman–Crippen LogP) is 4.37. The summed E-state index contributed by atoms with van der Waals surface area (Å²) in [5.41, 5.74) is 1.60. The third-order valence-electron chi connectivity index (χ3n) is 6.92. The van der Waals surface area contributed by atoms with E-state index in [2.05, 4.69) is 45.5 Å². The van der Waals surface area contributed by atoms with Crippen molar-refractivity contribution in [1.29, 1.82) is 0 Å². The van der Waals surface area contributed by atoms with Crippen LogP contribution in [0.3, 0.4) is 0 Å². The number of halogens is 1. The van der Waals surface area contributed by atoms with Gasteiger partial charge in [0.2, 0.25) is 5.91 Å². The molecule has 0 bridgehead atoms. The number of amides is 1. The molecule has 1 N–H and O–H groups in total. The summed E-state index contributed by atoms with van der Waals surface area (Å²) < 4.78 is 17.6. The molecule has 0 atom stereocenters. The van der Waals surface area contributed by atoms with Gasteiger partial charge in [-0.05, 0) is 61.1 Å². The lowest BCUT2D eigenvalue weighted by molar-refractivity contribution is -0.131. The van der Waals surface area contributed by atoms with Crippen LogP contribution >= 0.6 is 15.9 Å². The SMILES string of the molecule is COc1ccc(C2(CNC(=O)C3(c4ccc(Br)cc4)CCOCC3)CCOCC2)cc1. The zero-order chi connectivity index (χ0) is 21.7. The molecule has 166 valence electrons. The minimum atomic E-state index is -0.550. The third-order valence-corrected chi connectivity index (χ3v) is 7.45. The van der Waals surface area contributed by atoms with Crippen LogP contribution in [0.5, 0.6) is 5.75 Å². The largest absolute Gasteiger partial charge is 0.497 e. The molecule has 6 heteroatoms. The summed E-state index contributed by atoms with van der Waals surface area (Å²) in [6.45, 7) is 3.20. The molecule has 0 saturated carbocycles. The summed E-state index contributed by atoms with van der Waals surface area (Å²) in [6.07, 6.45) is 3.15. The average Bonchev–Trinajstić information content (AvgIpc) is 2.84. The number of methoxy groups -OCH3 is 1. The molecule has 0 unspecified atom stereocenters. The highest BCUT2D eigenvalue weighted by Gasteiger charge is 2.43. The minimum absolute atomic E-state index is 0.0949. The Bertz CT molecular complexity index is 869. The number of carbonyl (C=O) groups excluding carboxylic acids is 1. The van der Waals surface area contributed by atoms with Gasteiger partial charge in [0.05, 0.1) is 12.5 Å². The van der Waals surface area contributed by atoms with Crippen molar-refractivity contribution in [2.75, 3.05) is 40.1 Å². The highest BCUT2D eigenvalue weighted by molar-refractivity contribution is 9.10. The second-order valence-electron chi connectivity index (χ2n) is 8.51. The third kappa shape index (κ3) is 4.66. The normalized spacial score (nSPS) is 20.1. The molecule has 0 aliphatic carbocycles. The molecule has 2 fully saturated rings. The van der Waals surface area contributed by atoms with Gasteiger partial charge in [-0.2, -0.15) is 0 Å². The molecule has 2 saturated heterocycles. The van der Waals surface area contributed by atoms with Crippen LogP contribution in [0, 0.1) is 0 Å². The van der Waals surface area contributed by atoms with E-state index in [4.69, 9.17) is 14.2 Å². The quantitative estimate of drug-likeness (QED) is 0.656. The van der Waals surface area contributed by atoms with E-state index in [9.17, 15) is 4.79 Å². The van der Waals surface area contributed by atoms with Crippen molar-refractivity contribution < 1.29 is 19.0 Å². The van der Waals surface area contributed by atoms with Crippen LogP contribution in [0.1, 0.15) is 36.8 Å². The Morgan fingerprint density at radius 2 is 1.45 bits per heavy atom. The Kier molecular flexibility index (Phi) is 6.99. The summed E-state index contributed by atoms with van der Waals surface area (Å²) in [5.74, 6) is 0.934. The molecule has 1 amide bonds. The molecule has 2 aromatic carbocycles. The number of nitrogens with one attached hydrogen (secondary N) is 1. The Hall–Kier alpha value is -1.89. The van der Waals surface area contributed by atoms with Gasteiger partial charge in [0.1, 0.15) is 5.75 Å². The van der Waals surface area contributed by atoms with Crippen molar-refractivity contribution in [2.24, 2.45) is 0 Å². The van der Waals surface area contributed by atoms with Crippen molar-refractivity contribution in [3.8, 4) is 5.75 Å². The van der Waals surface area contributed by atoms with Gasteiger partial charge < -0.3 is 19.5 Å². The van der Waals surface area contributed by atoms with Gasteiger partial charge in [-0.15, -0.1) is 0 Å². The molecule has 2 aliphatic rings. The molecule has 2 heterocycles. The van der Waals surface area contributed by atoms with Gasteiger partial charge >= 0.3 is 0 Å². The molecular formula is C25H30BrNO4. The second-order valence-corrected chi connectivity index (χ2v) is 9.42. The second kappa shape index (κ2) is 9.72. The number of hydrogen-bond donors (Lipinski definition) is 1. The lowest BCUT2D eigenvalue weighted by Gasteiger charge is -2.41. The van der Waals surface area contributed by atoms with E-state index < -0.39 is 5.41 Å². The Labute approximate surface area is 192 Å². The van der Waals surface area contributed by atoms with Gasteiger partial charge in [-0.3, -0.25) is 4.79 Å². The van der Waals surface area contributed by atoms with E-state index >= 15 is 0 Å². The highest BCUT2D eigenvalue weighted by Crippen LogP contribution is 2.38. The van der Waals surface area contributed by atoms with E-state index in [0.717, 1.165) is 28.6 Å². The summed E-state index contributed by atoms with van der Waals surface area (Å²) in [4.78, 5) is 13.7. The van der Waals surface area contributed by atoms with Crippen molar-refractivity contribution in [3.05, 3.63) is 64.1 Å². The average molecular weight is 488 g/mol. The van der Waals surface area contributed by atoms with Crippen LogP contribution in [-0.2, 0) is 25.1 Å². The zero-order valence-corrected chi connectivity index (χ0v) is 19.6. The lowest BCUT2D eigenvalue weighted by atomic mass is 9.71. The maximum absolute atomic E-state index is 13.7. The molecule has 0 spiro atoms. The van der Waals surface area contributed by atoms with Crippen LogP contribution in [-0.4, -0.2) is 46.0 Å². The van der Waals surface area contributed by atoms with Crippen LogP contribution in [0.15, 0.2) is 53.0 Å². The first-order valence-electron chi connectivity index (χ1n) is 10.9. The first-order valence-corrected chi connectivity index (χ1v) is 11.7. The van der Waals surface area contributed by atoms with Crippen molar-refractivity contribution >= 4 is 21.8 Å². The Balaban J connectivity index is 1.57. The molecular weight excluding hydrogens is 458 g/mol. The number of hydrogen-bond acceptors (Lipinski definition) is 4. The van der Waals surface area contributed by atoms with E-state index in [1.807, 2.05) is 24.3 Å². The van der Waals surface area contributed by atoms with Gasteiger partial charge in [-0.1, -0.05) is 40.2 Å². The lowest BCUT2D eigenvalue weighted by Crippen LogP contribution is -2.52. The Morgan fingerprint density at radius 1 is 0.903 bits per heavy atom. The zero-order valence-electron chi connectivity index (χ0n) is 18.0. The number of carbonyl (C=O) groups is 1. The molecule has 5 nitrogen and oxygen atoms in total. The first-order chi connectivity index (χ1) is 15.1. The fourth-order valence-corrected chi connectivity index (χ4v) is 5.09. The molecule has 4 rings (SSSR count). The van der Waals surface area contributed by atoms with Gasteiger partial charge in [-0.25, -0.2) is 0 Å². The first kappa shape index (κ1) is 22.3. The highest BCUT2D eigenvalue weighted by atomic mass is 79.9. The molecule has 2 aromatic rings. The fourth-order valence-electron chi connectivity index (χ4n) is 4.83. The van der Waals surface area contributed by atoms with Crippen molar-refractivity contribution in [2.45, 2.75) is 36.5 Å². The smallest absolute Gasteiger partial charge is 0.230 e. The number of rotatable bonds is 6. The molecule has 31 heavy (non-hydrogen) atoms. The van der Waals surface area contributed by atoms with Gasteiger partial charge in [0.25, 0.3) is 0 Å². The molecule has 0 aromatic heterocycles. The van der Waals surface area contributed by atoms with Crippen molar-refractivity contribution in [1.82, 2.24) is 5.32 Å². The van der Waals surface area contributed by atoms with E-state index in [-0.39, 0.29) is 11.3 Å². The maximum atomic E-state index is 13.7. The predicted molar refractivity (Wildman–Crippen MR) is 124 cm³/mol.